The molecule has 118 valence electrons. The van der Waals surface area contributed by atoms with E-state index >= 15 is 0 Å². The molecular weight excluding hydrogens is 295 g/mol. The van der Waals surface area contributed by atoms with Crippen molar-refractivity contribution < 1.29 is 13.2 Å². The van der Waals surface area contributed by atoms with Gasteiger partial charge in [0.05, 0.1) is 17.4 Å². The quantitative estimate of drug-likeness (QED) is 0.937. The number of rotatable bonds is 3. The van der Waals surface area contributed by atoms with E-state index < -0.39 is 23.7 Å². The lowest BCUT2D eigenvalue weighted by molar-refractivity contribution is 0.447. The summed E-state index contributed by atoms with van der Waals surface area (Å²) in [6.07, 6.45) is 1.34. The molecule has 0 spiro atoms. The van der Waals surface area contributed by atoms with Gasteiger partial charge in [0.15, 0.2) is 11.2 Å². The fraction of sp³-hybridized carbons (Fsp3) is 0.400. The lowest BCUT2D eigenvalue weighted by Crippen LogP contribution is -2.44. The van der Waals surface area contributed by atoms with Gasteiger partial charge in [-0.25, -0.2) is 13.2 Å². The van der Waals surface area contributed by atoms with Crippen molar-refractivity contribution in [1.82, 2.24) is 9.88 Å². The number of pyridine rings is 1. The summed E-state index contributed by atoms with van der Waals surface area (Å²) in [5, 5.41) is 3.05. The Bertz CT molecular complexity index is 754. The maximum atomic E-state index is 14.9. The number of benzene rings is 1. The van der Waals surface area contributed by atoms with E-state index in [9.17, 15) is 18.0 Å². The van der Waals surface area contributed by atoms with E-state index in [1.165, 1.54) is 16.8 Å². The average molecular weight is 311 g/mol. The first kappa shape index (κ1) is 14.9. The van der Waals surface area contributed by atoms with Crippen molar-refractivity contribution in [3.63, 3.8) is 0 Å². The van der Waals surface area contributed by atoms with Gasteiger partial charge in [0.1, 0.15) is 18.2 Å². The molecule has 0 bridgehead atoms. The van der Waals surface area contributed by atoms with Crippen LogP contribution in [0, 0.1) is 11.6 Å². The highest BCUT2D eigenvalue weighted by atomic mass is 19.1. The molecule has 0 radical (unpaired) electrons. The third-order valence-electron chi connectivity index (χ3n) is 3.89. The van der Waals surface area contributed by atoms with Gasteiger partial charge in [-0.15, -0.1) is 0 Å². The van der Waals surface area contributed by atoms with Gasteiger partial charge in [0.25, 0.3) is 0 Å². The highest BCUT2D eigenvalue weighted by Gasteiger charge is 2.23. The number of nitrogens with one attached hydrogen (secondary N) is 1. The summed E-state index contributed by atoms with van der Waals surface area (Å²) in [4.78, 5) is 13.5. The van der Waals surface area contributed by atoms with Crippen molar-refractivity contribution in [2.45, 2.75) is 6.54 Å². The number of halogens is 3. The second kappa shape index (κ2) is 6.00. The summed E-state index contributed by atoms with van der Waals surface area (Å²) in [6.45, 7) is 1.42. The van der Waals surface area contributed by atoms with Crippen LogP contribution in [0.25, 0.3) is 10.9 Å². The molecular formula is C15H16F3N3O. The number of hydrogen-bond acceptors (Lipinski definition) is 3. The van der Waals surface area contributed by atoms with Crippen molar-refractivity contribution in [1.29, 1.82) is 0 Å². The first-order valence-corrected chi connectivity index (χ1v) is 7.16. The molecule has 1 fully saturated rings. The summed E-state index contributed by atoms with van der Waals surface area (Å²) in [5.74, 6) is -1.56. The predicted molar refractivity (Wildman–Crippen MR) is 79.2 cm³/mol. The Labute approximate surface area is 125 Å². The van der Waals surface area contributed by atoms with Crippen LogP contribution in [0.5, 0.6) is 0 Å². The first-order valence-electron chi connectivity index (χ1n) is 7.16. The fourth-order valence-electron chi connectivity index (χ4n) is 2.84. The lowest BCUT2D eigenvalue weighted by atomic mass is 10.1. The van der Waals surface area contributed by atoms with Crippen molar-refractivity contribution in [3.05, 3.63) is 40.2 Å². The Balaban J connectivity index is 2.25. The fourth-order valence-corrected chi connectivity index (χ4v) is 2.84. The monoisotopic (exact) mass is 311 g/mol. The van der Waals surface area contributed by atoms with E-state index in [4.69, 9.17) is 0 Å². The third-order valence-corrected chi connectivity index (χ3v) is 3.89. The SMILES string of the molecule is O=c1ccn(CCF)c2c(F)c(N3CCNCC3)c(F)cc12. The number of aromatic nitrogens is 1. The maximum absolute atomic E-state index is 14.9. The molecule has 2 aromatic rings. The molecule has 1 N–H and O–H groups in total. The zero-order valence-corrected chi connectivity index (χ0v) is 11.9. The van der Waals surface area contributed by atoms with Crippen LogP contribution in [0.3, 0.4) is 0 Å². The Kier molecular flexibility index (Phi) is 4.06. The minimum Gasteiger partial charge on any atom is -0.364 e. The Morgan fingerprint density at radius 1 is 1.23 bits per heavy atom. The standard InChI is InChI=1S/C15H16F3N3O/c16-2-6-20-5-1-12(22)10-9-11(17)15(13(18)14(10)20)21-7-3-19-4-8-21/h1,5,9,19H,2-4,6-8H2. The molecule has 4 nitrogen and oxygen atoms in total. The Hall–Kier alpha value is -2.02. The van der Waals surface area contributed by atoms with Gasteiger partial charge in [-0.2, -0.15) is 0 Å². The molecule has 3 rings (SSSR count). The molecule has 1 saturated heterocycles. The van der Waals surface area contributed by atoms with Crippen molar-refractivity contribution in [2.24, 2.45) is 0 Å². The van der Waals surface area contributed by atoms with Crippen LogP contribution in [0.2, 0.25) is 0 Å². The molecule has 1 aliphatic heterocycles. The molecule has 0 atom stereocenters. The second-order valence-electron chi connectivity index (χ2n) is 5.22. The highest BCUT2D eigenvalue weighted by molar-refractivity contribution is 5.84. The second-order valence-corrected chi connectivity index (χ2v) is 5.22. The summed E-state index contributed by atoms with van der Waals surface area (Å²) >= 11 is 0. The van der Waals surface area contributed by atoms with Crippen molar-refractivity contribution in [2.75, 3.05) is 37.8 Å². The molecule has 0 aliphatic carbocycles. The molecule has 1 aromatic carbocycles. The van der Waals surface area contributed by atoms with E-state index in [1.807, 2.05) is 0 Å². The number of nitrogens with zero attached hydrogens (tertiary/aromatic N) is 2. The summed E-state index contributed by atoms with van der Waals surface area (Å²) in [6, 6.07) is 2.24. The van der Waals surface area contributed by atoms with E-state index in [-0.39, 0.29) is 23.1 Å². The number of fused-ring (bicyclic) bond motifs is 1. The topological polar surface area (TPSA) is 37.3 Å². The molecule has 0 unspecified atom stereocenters. The molecule has 22 heavy (non-hydrogen) atoms. The van der Waals surface area contributed by atoms with Crippen molar-refractivity contribution in [3.8, 4) is 0 Å². The van der Waals surface area contributed by atoms with Crippen LogP contribution in [-0.4, -0.2) is 37.4 Å². The summed E-state index contributed by atoms with van der Waals surface area (Å²) in [7, 11) is 0. The van der Waals surface area contributed by atoms with Gasteiger partial charge in [-0.3, -0.25) is 4.79 Å². The van der Waals surface area contributed by atoms with E-state index in [0.29, 0.717) is 26.2 Å². The Morgan fingerprint density at radius 2 is 1.95 bits per heavy atom. The number of anilines is 1. The van der Waals surface area contributed by atoms with Gasteiger partial charge in [-0.1, -0.05) is 0 Å². The zero-order chi connectivity index (χ0) is 15.7. The van der Waals surface area contributed by atoms with Gasteiger partial charge in [-0.05, 0) is 6.07 Å². The maximum Gasteiger partial charge on any atom is 0.189 e. The van der Waals surface area contributed by atoms with E-state index in [2.05, 4.69) is 5.32 Å². The molecule has 2 heterocycles. The van der Waals surface area contributed by atoms with E-state index in [1.54, 1.807) is 4.90 Å². The molecule has 0 amide bonds. The van der Waals surface area contributed by atoms with Crippen molar-refractivity contribution >= 4 is 16.6 Å². The zero-order valence-electron chi connectivity index (χ0n) is 11.9. The number of hydrogen-bond donors (Lipinski definition) is 1. The van der Waals surface area contributed by atoms with Gasteiger partial charge >= 0.3 is 0 Å². The largest absolute Gasteiger partial charge is 0.364 e. The third kappa shape index (κ3) is 2.45. The van der Waals surface area contributed by atoms with Gasteiger partial charge in [0.2, 0.25) is 0 Å². The predicted octanol–water partition coefficient (Wildman–Crippen LogP) is 1.66. The normalized spacial score (nSPS) is 15.5. The van der Waals surface area contributed by atoms with Crippen LogP contribution in [0.15, 0.2) is 23.1 Å². The molecule has 0 saturated carbocycles. The number of aryl methyl sites for hydroxylation is 1. The summed E-state index contributed by atoms with van der Waals surface area (Å²) < 4.78 is 43.2. The first-order chi connectivity index (χ1) is 10.6. The molecule has 1 aliphatic rings. The molecule has 1 aromatic heterocycles. The highest BCUT2D eigenvalue weighted by Crippen LogP contribution is 2.29. The van der Waals surface area contributed by atoms with Crippen LogP contribution < -0.4 is 15.6 Å². The molecule has 7 heteroatoms. The van der Waals surface area contributed by atoms with Crippen LogP contribution >= 0.6 is 0 Å². The smallest absolute Gasteiger partial charge is 0.189 e. The number of alkyl halides is 1. The van der Waals surface area contributed by atoms with Crippen LogP contribution in [-0.2, 0) is 6.54 Å². The van der Waals surface area contributed by atoms with Crippen LogP contribution in [0.4, 0.5) is 18.9 Å². The van der Waals surface area contributed by atoms with Crippen LogP contribution in [0.1, 0.15) is 0 Å². The number of piperazine rings is 1. The summed E-state index contributed by atoms with van der Waals surface area (Å²) in [5.41, 5.74) is -0.665. The Morgan fingerprint density at radius 3 is 2.64 bits per heavy atom. The lowest BCUT2D eigenvalue weighted by Gasteiger charge is -2.30. The average Bonchev–Trinajstić information content (AvgIpc) is 2.51. The van der Waals surface area contributed by atoms with Gasteiger partial charge < -0.3 is 14.8 Å². The van der Waals surface area contributed by atoms with E-state index in [0.717, 1.165) is 6.07 Å². The minimum absolute atomic E-state index is 0.0416. The minimum atomic E-state index is -0.803. The van der Waals surface area contributed by atoms with Gasteiger partial charge in [0, 0.05) is 38.4 Å².